The van der Waals surface area contributed by atoms with Crippen LogP contribution in [-0.4, -0.2) is 5.78 Å². The number of carbonyl (C=O) groups is 1. The fourth-order valence-corrected chi connectivity index (χ4v) is 3.89. The molecule has 2 aliphatic carbocycles. The molecule has 96 valence electrons. The molecule has 3 rings (SSSR count). The third-order valence-electron chi connectivity index (χ3n) is 4.98. The van der Waals surface area contributed by atoms with Crippen LogP contribution in [0.1, 0.15) is 78.6 Å². The molecule has 0 amide bonds. The van der Waals surface area contributed by atoms with Crippen molar-refractivity contribution in [2.24, 2.45) is 0 Å². The van der Waals surface area contributed by atoms with Gasteiger partial charge in [-0.3, -0.25) is 4.79 Å². The average molecular weight is 242 g/mol. The Labute approximate surface area is 110 Å². The van der Waals surface area contributed by atoms with Crippen LogP contribution in [0.15, 0.2) is 6.07 Å². The molecule has 0 saturated heterocycles. The van der Waals surface area contributed by atoms with E-state index in [4.69, 9.17) is 0 Å². The first-order valence-electron chi connectivity index (χ1n) is 7.12. The van der Waals surface area contributed by atoms with Crippen LogP contribution < -0.4 is 0 Å². The first-order valence-corrected chi connectivity index (χ1v) is 7.12. The standard InChI is InChI=1S/C17H22O/c1-10-7-8-17(3,4)13-9-11(2)16-12(15(10)13)5-6-14(16)18/h9-10H,5-8H2,1-4H3. The van der Waals surface area contributed by atoms with Crippen LogP contribution in [0.2, 0.25) is 0 Å². The summed E-state index contributed by atoms with van der Waals surface area (Å²) in [5, 5.41) is 0. The van der Waals surface area contributed by atoms with Gasteiger partial charge in [-0.05, 0) is 59.8 Å². The lowest BCUT2D eigenvalue weighted by Crippen LogP contribution is -2.27. The van der Waals surface area contributed by atoms with Gasteiger partial charge in [0.1, 0.15) is 0 Å². The second kappa shape index (κ2) is 3.69. The summed E-state index contributed by atoms with van der Waals surface area (Å²) < 4.78 is 0. The Kier molecular flexibility index (Phi) is 2.45. The van der Waals surface area contributed by atoms with Crippen LogP contribution in [0.25, 0.3) is 0 Å². The van der Waals surface area contributed by atoms with E-state index >= 15 is 0 Å². The SMILES string of the molecule is Cc1cc2c(c3c1C(=O)CC3)C(C)CCC2(C)C. The summed E-state index contributed by atoms with van der Waals surface area (Å²) in [5.74, 6) is 0.981. The summed E-state index contributed by atoms with van der Waals surface area (Å²) in [6.45, 7) is 9.13. The van der Waals surface area contributed by atoms with Crippen molar-refractivity contribution in [1.82, 2.24) is 0 Å². The molecule has 2 aliphatic rings. The highest BCUT2D eigenvalue weighted by Crippen LogP contribution is 2.47. The number of ketones is 1. The van der Waals surface area contributed by atoms with E-state index in [1.165, 1.54) is 35.1 Å². The minimum atomic E-state index is 0.271. The van der Waals surface area contributed by atoms with Gasteiger partial charge < -0.3 is 0 Å². The van der Waals surface area contributed by atoms with Crippen molar-refractivity contribution in [1.29, 1.82) is 0 Å². The Morgan fingerprint density at radius 1 is 1.28 bits per heavy atom. The number of hydrogen-bond acceptors (Lipinski definition) is 1. The van der Waals surface area contributed by atoms with Crippen molar-refractivity contribution in [3.05, 3.63) is 33.9 Å². The summed E-state index contributed by atoms with van der Waals surface area (Å²) in [5.41, 5.74) is 6.93. The maximum atomic E-state index is 12.0. The molecule has 0 N–H and O–H groups in total. The fourth-order valence-electron chi connectivity index (χ4n) is 3.89. The zero-order valence-electron chi connectivity index (χ0n) is 11.9. The quantitative estimate of drug-likeness (QED) is 0.663. The molecule has 1 nitrogen and oxygen atoms in total. The lowest BCUT2D eigenvalue weighted by atomic mass is 9.67. The van der Waals surface area contributed by atoms with E-state index in [0.717, 1.165) is 18.4 Å². The van der Waals surface area contributed by atoms with Crippen LogP contribution in [-0.2, 0) is 11.8 Å². The van der Waals surface area contributed by atoms with Crippen molar-refractivity contribution < 1.29 is 4.79 Å². The Hall–Kier alpha value is -1.11. The van der Waals surface area contributed by atoms with Crippen LogP contribution in [0.4, 0.5) is 0 Å². The average Bonchev–Trinajstić information content (AvgIpc) is 2.68. The summed E-state index contributed by atoms with van der Waals surface area (Å²) >= 11 is 0. The predicted octanol–water partition coefficient (Wildman–Crippen LogP) is 4.30. The van der Waals surface area contributed by atoms with Crippen molar-refractivity contribution in [2.75, 3.05) is 0 Å². The van der Waals surface area contributed by atoms with Gasteiger partial charge in [-0.2, -0.15) is 0 Å². The van der Waals surface area contributed by atoms with E-state index in [1.54, 1.807) is 0 Å². The van der Waals surface area contributed by atoms with Gasteiger partial charge in [0.15, 0.2) is 5.78 Å². The maximum Gasteiger partial charge on any atom is 0.163 e. The lowest BCUT2D eigenvalue weighted by Gasteiger charge is -2.38. The minimum Gasteiger partial charge on any atom is -0.294 e. The number of rotatable bonds is 0. The Balaban J connectivity index is 2.33. The van der Waals surface area contributed by atoms with E-state index in [1.807, 2.05) is 0 Å². The molecule has 0 fully saturated rings. The van der Waals surface area contributed by atoms with Gasteiger partial charge in [0.25, 0.3) is 0 Å². The Morgan fingerprint density at radius 2 is 2.00 bits per heavy atom. The first kappa shape index (κ1) is 12.0. The largest absolute Gasteiger partial charge is 0.294 e. The third kappa shape index (κ3) is 1.49. The fraction of sp³-hybridized carbons (Fsp3) is 0.588. The van der Waals surface area contributed by atoms with Gasteiger partial charge in [0.2, 0.25) is 0 Å². The summed E-state index contributed by atoms with van der Waals surface area (Å²) in [4.78, 5) is 12.0. The number of hydrogen-bond donors (Lipinski definition) is 0. The number of aryl methyl sites for hydroxylation is 1. The number of fused-ring (bicyclic) bond motifs is 3. The van der Waals surface area contributed by atoms with E-state index in [-0.39, 0.29) is 5.41 Å². The molecule has 1 atom stereocenters. The first-order chi connectivity index (χ1) is 8.42. The van der Waals surface area contributed by atoms with E-state index in [0.29, 0.717) is 11.7 Å². The topological polar surface area (TPSA) is 17.1 Å². The van der Waals surface area contributed by atoms with Gasteiger partial charge in [-0.15, -0.1) is 0 Å². The molecular weight excluding hydrogens is 220 g/mol. The van der Waals surface area contributed by atoms with E-state index in [9.17, 15) is 4.79 Å². The highest BCUT2D eigenvalue weighted by atomic mass is 16.1. The molecule has 18 heavy (non-hydrogen) atoms. The molecule has 1 aromatic carbocycles. The normalized spacial score (nSPS) is 24.9. The summed E-state index contributed by atoms with van der Waals surface area (Å²) in [7, 11) is 0. The monoisotopic (exact) mass is 242 g/mol. The molecular formula is C17H22O. The van der Waals surface area contributed by atoms with Crippen molar-refractivity contribution in [3.63, 3.8) is 0 Å². The molecule has 0 saturated carbocycles. The van der Waals surface area contributed by atoms with Gasteiger partial charge in [0.05, 0.1) is 0 Å². The zero-order chi connectivity index (χ0) is 13.1. The van der Waals surface area contributed by atoms with Crippen LogP contribution in [0.5, 0.6) is 0 Å². The molecule has 1 aromatic rings. The highest BCUT2D eigenvalue weighted by Gasteiger charge is 2.36. The maximum absolute atomic E-state index is 12.0. The van der Waals surface area contributed by atoms with Gasteiger partial charge in [-0.25, -0.2) is 0 Å². The van der Waals surface area contributed by atoms with Crippen LogP contribution >= 0.6 is 0 Å². The summed E-state index contributed by atoms with van der Waals surface area (Å²) in [6, 6.07) is 2.30. The number of benzene rings is 1. The zero-order valence-corrected chi connectivity index (χ0v) is 11.9. The van der Waals surface area contributed by atoms with Crippen LogP contribution in [0, 0.1) is 6.92 Å². The van der Waals surface area contributed by atoms with Gasteiger partial charge in [0, 0.05) is 12.0 Å². The molecule has 0 spiro atoms. The van der Waals surface area contributed by atoms with Gasteiger partial charge in [-0.1, -0.05) is 26.8 Å². The van der Waals surface area contributed by atoms with Crippen LogP contribution in [0.3, 0.4) is 0 Å². The van der Waals surface area contributed by atoms with Crippen molar-refractivity contribution >= 4 is 5.78 Å². The van der Waals surface area contributed by atoms with E-state index < -0.39 is 0 Å². The van der Waals surface area contributed by atoms with Crippen molar-refractivity contribution in [2.45, 2.75) is 64.7 Å². The Bertz CT molecular complexity index is 537. The molecule has 1 heteroatoms. The Morgan fingerprint density at radius 3 is 2.72 bits per heavy atom. The van der Waals surface area contributed by atoms with E-state index in [2.05, 4.69) is 33.8 Å². The molecule has 0 aromatic heterocycles. The summed E-state index contributed by atoms with van der Waals surface area (Å²) in [6.07, 6.45) is 4.20. The minimum absolute atomic E-state index is 0.271. The number of carbonyl (C=O) groups excluding carboxylic acids is 1. The smallest absolute Gasteiger partial charge is 0.163 e. The molecule has 1 unspecified atom stereocenters. The number of Topliss-reactive ketones (excluding diaryl/α,β-unsaturated/α-hetero) is 1. The molecule has 0 radical (unpaired) electrons. The molecule has 0 heterocycles. The third-order valence-corrected chi connectivity index (χ3v) is 4.98. The van der Waals surface area contributed by atoms with Gasteiger partial charge >= 0.3 is 0 Å². The van der Waals surface area contributed by atoms with Crippen molar-refractivity contribution in [3.8, 4) is 0 Å². The predicted molar refractivity (Wildman–Crippen MR) is 74.5 cm³/mol. The lowest BCUT2D eigenvalue weighted by molar-refractivity contribution is 0.0994. The highest BCUT2D eigenvalue weighted by molar-refractivity contribution is 6.02. The second-order valence-corrected chi connectivity index (χ2v) is 6.76. The molecule has 0 bridgehead atoms. The molecule has 0 aliphatic heterocycles. The second-order valence-electron chi connectivity index (χ2n) is 6.76.